The molecule has 0 aliphatic carbocycles. The normalized spacial score (nSPS) is 10.7. The number of hydrogen-bond donors (Lipinski definition) is 3. The predicted octanol–water partition coefficient (Wildman–Crippen LogP) is 4.68. The molecule has 186 valence electrons. The molecule has 36 heavy (non-hydrogen) atoms. The Kier molecular flexibility index (Phi) is 8.81. The number of anilines is 2. The summed E-state index contributed by atoms with van der Waals surface area (Å²) in [5, 5.41) is 9.64. The number of rotatable bonds is 7. The van der Waals surface area contributed by atoms with Crippen molar-refractivity contribution in [1.82, 2.24) is 5.43 Å². The molecular weight excluding hydrogens is 480 g/mol. The van der Waals surface area contributed by atoms with Gasteiger partial charge in [0.25, 0.3) is 5.91 Å². The van der Waals surface area contributed by atoms with Gasteiger partial charge in [0, 0.05) is 22.0 Å². The second kappa shape index (κ2) is 12.0. The van der Waals surface area contributed by atoms with Crippen molar-refractivity contribution in [3.05, 3.63) is 87.4 Å². The highest BCUT2D eigenvalue weighted by molar-refractivity contribution is 6.39. The van der Waals surface area contributed by atoms with E-state index in [2.05, 4.69) is 21.2 Å². The van der Waals surface area contributed by atoms with Crippen LogP contribution in [0.25, 0.3) is 0 Å². The molecule has 0 spiro atoms. The van der Waals surface area contributed by atoms with Crippen molar-refractivity contribution >= 4 is 46.9 Å². The number of nitrogens with one attached hydrogen (secondary N) is 3. The zero-order valence-corrected chi connectivity index (χ0v) is 21.2. The average Bonchev–Trinajstić information content (AvgIpc) is 2.83. The first-order chi connectivity index (χ1) is 17.1. The first-order valence-electron chi connectivity index (χ1n) is 11.1. The predicted molar refractivity (Wildman–Crippen MR) is 142 cm³/mol. The summed E-state index contributed by atoms with van der Waals surface area (Å²) in [6.45, 7) is 7.49. The van der Waals surface area contributed by atoms with Gasteiger partial charge in [-0.05, 0) is 68.7 Å². The second-order valence-electron chi connectivity index (χ2n) is 8.27. The summed E-state index contributed by atoms with van der Waals surface area (Å²) in [4.78, 5) is 36.7. The Balaban J connectivity index is 1.56. The Bertz CT molecular complexity index is 1310. The van der Waals surface area contributed by atoms with E-state index < -0.39 is 11.8 Å². The maximum atomic E-state index is 12.5. The quantitative estimate of drug-likeness (QED) is 0.245. The topological polar surface area (TPSA) is 109 Å². The minimum absolute atomic E-state index is 0.217. The Labute approximate surface area is 214 Å². The molecule has 0 bridgehead atoms. The lowest BCUT2D eigenvalue weighted by atomic mass is 10.1. The summed E-state index contributed by atoms with van der Waals surface area (Å²) in [5.74, 6) is -1.76. The van der Waals surface area contributed by atoms with Gasteiger partial charge in [0.1, 0.15) is 5.75 Å². The molecule has 8 nitrogen and oxygen atoms in total. The van der Waals surface area contributed by atoms with Gasteiger partial charge >= 0.3 is 11.8 Å². The Hall–Kier alpha value is -4.17. The van der Waals surface area contributed by atoms with Crippen molar-refractivity contribution in [1.29, 1.82) is 0 Å². The Morgan fingerprint density at radius 2 is 1.58 bits per heavy atom. The number of hydrogen-bond acceptors (Lipinski definition) is 5. The van der Waals surface area contributed by atoms with Crippen LogP contribution in [0.1, 0.15) is 27.8 Å². The smallest absolute Gasteiger partial charge is 0.329 e. The minimum Gasteiger partial charge on any atom is -0.483 e. The number of ether oxygens (including phenoxy) is 1. The zero-order valence-electron chi connectivity index (χ0n) is 20.4. The number of benzene rings is 3. The highest BCUT2D eigenvalue weighted by atomic mass is 35.5. The summed E-state index contributed by atoms with van der Waals surface area (Å²) in [6, 6.07) is 15.8. The van der Waals surface area contributed by atoms with E-state index in [-0.39, 0.29) is 12.5 Å². The fraction of sp³-hybridized carbons (Fsp3) is 0.185. The molecule has 0 radical (unpaired) electrons. The van der Waals surface area contributed by atoms with Gasteiger partial charge in [-0.3, -0.25) is 14.4 Å². The summed E-state index contributed by atoms with van der Waals surface area (Å²) < 4.78 is 5.67. The van der Waals surface area contributed by atoms with Crippen LogP contribution in [0.5, 0.6) is 5.75 Å². The van der Waals surface area contributed by atoms with Crippen LogP contribution >= 0.6 is 11.6 Å². The average molecular weight is 507 g/mol. The molecule has 3 N–H and O–H groups in total. The Morgan fingerprint density at radius 3 is 2.28 bits per heavy atom. The molecule has 3 amide bonds. The molecule has 0 heterocycles. The van der Waals surface area contributed by atoms with Gasteiger partial charge in [-0.25, -0.2) is 5.43 Å². The number of halogens is 1. The fourth-order valence-corrected chi connectivity index (χ4v) is 3.66. The third-order valence-corrected chi connectivity index (χ3v) is 5.63. The van der Waals surface area contributed by atoms with Crippen molar-refractivity contribution < 1.29 is 19.1 Å². The summed E-state index contributed by atoms with van der Waals surface area (Å²) in [6.07, 6.45) is 1.33. The highest BCUT2D eigenvalue weighted by Crippen LogP contribution is 2.22. The summed E-state index contributed by atoms with van der Waals surface area (Å²) >= 11 is 6.04. The third-order valence-electron chi connectivity index (χ3n) is 5.22. The van der Waals surface area contributed by atoms with Gasteiger partial charge in [-0.2, -0.15) is 5.10 Å². The van der Waals surface area contributed by atoms with E-state index in [1.807, 2.05) is 39.8 Å². The number of carbonyl (C=O) groups excluding carboxylic acids is 3. The number of aryl methyl sites for hydroxylation is 4. The molecule has 0 saturated heterocycles. The molecule has 0 fully saturated rings. The van der Waals surface area contributed by atoms with E-state index in [1.165, 1.54) is 6.21 Å². The SMILES string of the molecule is Cc1cc(C)c(NC(=O)COc2ccccc2/C=N/NC(=O)C(=O)Nc2ccc(C)c(Cl)c2)c(C)c1. The zero-order chi connectivity index (χ0) is 26.2. The van der Waals surface area contributed by atoms with Crippen LogP contribution in [0.2, 0.25) is 5.02 Å². The van der Waals surface area contributed by atoms with Gasteiger partial charge in [0.05, 0.1) is 6.21 Å². The maximum Gasteiger partial charge on any atom is 0.329 e. The minimum atomic E-state index is -0.954. The van der Waals surface area contributed by atoms with Crippen LogP contribution in [0.15, 0.2) is 59.7 Å². The molecule has 0 atom stereocenters. The van der Waals surface area contributed by atoms with E-state index in [1.54, 1.807) is 42.5 Å². The molecule has 0 aliphatic rings. The van der Waals surface area contributed by atoms with Gasteiger partial charge in [-0.15, -0.1) is 0 Å². The van der Waals surface area contributed by atoms with Crippen molar-refractivity contribution in [3.63, 3.8) is 0 Å². The fourth-order valence-electron chi connectivity index (χ4n) is 3.48. The summed E-state index contributed by atoms with van der Waals surface area (Å²) in [7, 11) is 0. The first-order valence-corrected chi connectivity index (χ1v) is 11.5. The van der Waals surface area contributed by atoms with Crippen LogP contribution in [0.4, 0.5) is 11.4 Å². The molecule has 3 rings (SSSR count). The number of nitrogens with zero attached hydrogens (tertiary/aromatic N) is 1. The van der Waals surface area contributed by atoms with E-state index in [9.17, 15) is 14.4 Å². The summed E-state index contributed by atoms with van der Waals surface area (Å²) in [5.41, 5.74) is 7.75. The number of carbonyl (C=O) groups is 3. The van der Waals surface area contributed by atoms with Crippen LogP contribution in [0.3, 0.4) is 0 Å². The van der Waals surface area contributed by atoms with Crippen molar-refractivity contribution in [2.45, 2.75) is 27.7 Å². The molecule has 9 heteroatoms. The maximum absolute atomic E-state index is 12.5. The van der Waals surface area contributed by atoms with E-state index in [0.29, 0.717) is 22.0 Å². The third kappa shape index (κ3) is 7.16. The molecule has 0 saturated carbocycles. The largest absolute Gasteiger partial charge is 0.483 e. The van der Waals surface area contributed by atoms with Gasteiger partial charge in [-0.1, -0.05) is 47.5 Å². The molecule has 0 aliphatic heterocycles. The highest BCUT2D eigenvalue weighted by Gasteiger charge is 2.14. The van der Waals surface area contributed by atoms with Gasteiger partial charge < -0.3 is 15.4 Å². The second-order valence-corrected chi connectivity index (χ2v) is 8.67. The monoisotopic (exact) mass is 506 g/mol. The molecule has 3 aromatic rings. The van der Waals surface area contributed by atoms with Gasteiger partial charge in [0.15, 0.2) is 6.61 Å². The number of para-hydroxylation sites is 1. The standard InChI is InChI=1S/C27H27ClN4O4/c1-16-11-18(3)25(19(4)12-16)31-24(33)15-36-23-8-6-5-7-20(23)14-29-32-27(35)26(34)30-21-10-9-17(2)22(28)13-21/h5-14H,15H2,1-4H3,(H,30,34)(H,31,33)(H,32,35)/b29-14+. The number of amides is 3. The Morgan fingerprint density at radius 1 is 0.889 bits per heavy atom. The van der Waals surface area contributed by atoms with E-state index >= 15 is 0 Å². The molecule has 0 unspecified atom stereocenters. The van der Waals surface area contributed by atoms with Crippen LogP contribution in [-0.4, -0.2) is 30.5 Å². The van der Waals surface area contributed by atoms with Crippen molar-refractivity contribution in [2.75, 3.05) is 17.2 Å². The van der Waals surface area contributed by atoms with Crippen molar-refractivity contribution in [3.8, 4) is 5.75 Å². The van der Waals surface area contributed by atoms with Crippen LogP contribution < -0.4 is 20.8 Å². The molecular formula is C27H27ClN4O4. The molecule has 0 aromatic heterocycles. The van der Waals surface area contributed by atoms with E-state index in [0.717, 1.165) is 27.9 Å². The number of hydrazone groups is 1. The van der Waals surface area contributed by atoms with Gasteiger partial charge in [0.2, 0.25) is 0 Å². The van der Waals surface area contributed by atoms with Crippen LogP contribution in [0, 0.1) is 27.7 Å². The first kappa shape index (κ1) is 26.4. The van der Waals surface area contributed by atoms with Crippen molar-refractivity contribution in [2.24, 2.45) is 5.10 Å². The lowest BCUT2D eigenvalue weighted by Gasteiger charge is -2.14. The lowest BCUT2D eigenvalue weighted by Crippen LogP contribution is -2.32. The van der Waals surface area contributed by atoms with E-state index in [4.69, 9.17) is 16.3 Å². The van der Waals surface area contributed by atoms with Crippen LogP contribution in [-0.2, 0) is 14.4 Å². The molecule has 3 aromatic carbocycles. The lowest BCUT2D eigenvalue weighted by molar-refractivity contribution is -0.136.